The van der Waals surface area contributed by atoms with Gasteiger partial charge < -0.3 is 18.9 Å². The summed E-state index contributed by atoms with van der Waals surface area (Å²) < 4.78 is 21.6. The second-order valence-electron chi connectivity index (χ2n) is 11.6. The van der Waals surface area contributed by atoms with Crippen molar-refractivity contribution in [3.8, 4) is 0 Å². The SMILES string of the molecule is COC(=O)CCC1(CC(CCC(=O)CC[Si](c2ccccc2)(c2ccccc2)C(C)(C)C)C(=O)OC)OCCO1. The summed E-state index contributed by atoms with van der Waals surface area (Å²) in [6, 6.07) is 22.0. The molecule has 0 bridgehead atoms. The Morgan fingerprint density at radius 2 is 1.40 bits per heavy atom. The Morgan fingerprint density at radius 1 is 0.850 bits per heavy atom. The van der Waals surface area contributed by atoms with Crippen LogP contribution in [0.4, 0.5) is 0 Å². The van der Waals surface area contributed by atoms with Crippen LogP contribution in [0.3, 0.4) is 0 Å². The third-order valence-corrected chi connectivity index (χ3v) is 14.4. The summed E-state index contributed by atoms with van der Waals surface area (Å²) in [6.45, 7) is 7.62. The Balaban J connectivity index is 1.75. The van der Waals surface area contributed by atoms with Crippen molar-refractivity contribution in [1.82, 2.24) is 0 Å². The second kappa shape index (κ2) is 14.2. The summed E-state index contributed by atoms with van der Waals surface area (Å²) in [7, 11) is 0.319. The van der Waals surface area contributed by atoms with E-state index < -0.39 is 25.7 Å². The van der Waals surface area contributed by atoms with Crippen molar-refractivity contribution in [2.24, 2.45) is 5.92 Å². The van der Waals surface area contributed by atoms with Gasteiger partial charge in [0.2, 0.25) is 0 Å². The van der Waals surface area contributed by atoms with E-state index in [1.165, 1.54) is 24.6 Å². The number of esters is 2. The van der Waals surface area contributed by atoms with E-state index in [1.54, 1.807) is 0 Å². The highest BCUT2D eigenvalue weighted by atomic mass is 28.3. The minimum absolute atomic E-state index is 0.0340. The zero-order valence-electron chi connectivity index (χ0n) is 24.6. The monoisotopic (exact) mass is 568 g/mol. The molecule has 7 nitrogen and oxygen atoms in total. The topological polar surface area (TPSA) is 88.1 Å². The first-order chi connectivity index (χ1) is 19.1. The number of hydrogen-bond acceptors (Lipinski definition) is 7. The predicted molar refractivity (Wildman–Crippen MR) is 157 cm³/mol. The largest absolute Gasteiger partial charge is 0.469 e. The molecule has 40 heavy (non-hydrogen) atoms. The van der Waals surface area contributed by atoms with Gasteiger partial charge in [0, 0.05) is 25.7 Å². The smallest absolute Gasteiger partial charge is 0.308 e. The quantitative estimate of drug-likeness (QED) is 0.242. The molecule has 0 N–H and O–H groups in total. The van der Waals surface area contributed by atoms with Crippen LogP contribution < -0.4 is 10.4 Å². The van der Waals surface area contributed by atoms with Gasteiger partial charge in [-0.15, -0.1) is 0 Å². The molecule has 1 aliphatic rings. The lowest BCUT2D eigenvalue weighted by Crippen LogP contribution is -2.64. The number of Topliss-reactive ketones (excluding diaryl/α,β-unsaturated/α-hetero) is 1. The summed E-state index contributed by atoms with van der Waals surface area (Å²) in [6.07, 6.45) is 1.63. The Morgan fingerprint density at radius 3 is 1.88 bits per heavy atom. The van der Waals surface area contributed by atoms with Crippen molar-refractivity contribution in [1.29, 1.82) is 0 Å². The van der Waals surface area contributed by atoms with Crippen LogP contribution in [0, 0.1) is 5.92 Å². The van der Waals surface area contributed by atoms with Gasteiger partial charge in [0.15, 0.2) is 5.79 Å². The van der Waals surface area contributed by atoms with Gasteiger partial charge in [0.25, 0.3) is 0 Å². The van der Waals surface area contributed by atoms with Gasteiger partial charge in [-0.3, -0.25) is 14.4 Å². The lowest BCUT2D eigenvalue weighted by Gasteiger charge is -2.44. The zero-order chi connectivity index (χ0) is 29.2. The van der Waals surface area contributed by atoms with Crippen LogP contribution in [0.15, 0.2) is 60.7 Å². The molecular formula is C32H44O7Si. The first-order valence-corrected chi connectivity index (χ1v) is 16.3. The van der Waals surface area contributed by atoms with Gasteiger partial charge in [-0.05, 0) is 17.5 Å². The predicted octanol–water partition coefficient (Wildman–Crippen LogP) is 4.66. The van der Waals surface area contributed by atoms with Crippen LogP contribution in [0.2, 0.25) is 11.1 Å². The maximum Gasteiger partial charge on any atom is 0.308 e. The lowest BCUT2D eigenvalue weighted by atomic mass is 9.91. The number of ether oxygens (including phenoxy) is 4. The lowest BCUT2D eigenvalue weighted by molar-refractivity contribution is -0.186. The van der Waals surface area contributed by atoms with E-state index in [0.717, 1.165) is 6.04 Å². The molecule has 1 unspecified atom stereocenters. The molecule has 2 aromatic carbocycles. The maximum absolute atomic E-state index is 13.4. The number of carbonyl (C=O) groups excluding carboxylic acids is 3. The molecule has 0 amide bonds. The molecule has 0 radical (unpaired) electrons. The van der Waals surface area contributed by atoms with Crippen LogP contribution >= 0.6 is 0 Å². The summed E-state index contributed by atoms with van der Waals surface area (Å²) in [5.41, 5.74) is 0. The number of carbonyl (C=O) groups is 3. The molecule has 1 atom stereocenters. The molecule has 2 aromatic rings. The van der Waals surface area contributed by atoms with Crippen LogP contribution in [0.5, 0.6) is 0 Å². The Labute approximate surface area is 239 Å². The van der Waals surface area contributed by atoms with E-state index in [4.69, 9.17) is 18.9 Å². The molecule has 1 aliphatic heterocycles. The average molecular weight is 569 g/mol. The molecule has 0 spiro atoms. The van der Waals surface area contributed by atoms with Crippen molar-refractivity contribution in [3.05, 3.63) is 60.7 Å². The van der Waals surface area contributed by atoms with Gasteiger partial charge in [-0.2, -0.15) is 0 Å². The number of ketones is 1. The fraction of sp³-hybridized carbons (Fsp3) is 0.531. The van der Waals surface area contributed by atoms with E-state index >= 15 is 0 Å². The number of methoxy groups -OCH3 is 2. The fourth-order valence-electron chi connectivity index (χ4n) is 6.03. The number of hydrogen-bond donors (Lipinski definition) is 0. The maximum atomic E-state index is 13.4. The Hall–Kier alpha value is -2.81. The standard InChI is InChI=1S/C32H44O7Si/c1-31(2,3)40(27-12-8-6-9-13-27,28-14-10-7-11-15-28)23-19-26(33)17-16-25(30(35)37-5)24-32(38-21-22-39-32)20-18-29(34)36-4/h6-15,25H,16-24H2,1-5H3. The molecule has 1 heterocycles. The van der Waals surface area contributed by atoms with Gasteiger partial charge in [-0.1, -0.05) is 91.8 Å². The minimum Gasteiger partial charge on any atom is -0.469 e. The highest BCUT2D eigenvalue weighted by molar-refractivity contribution is 7.04. The van der Waals surface area contributed by atoms with E-state index in [1.807, 2.05) is 12.1 Å². The molecule has 3 rings (SSSR count). The third kappa shape index (κ3) is 7.68. The van der Waals surface area contributed by atoms with Crippen LogP contribution in [0.25, 0.3) is 0 Å². The second-order valence-corrected chi connectivity index (χ2v) is 16.5. The number of rotatable bonds is 14. The van der Waals surface area contributed by atoms with Crippen LogP contribution in [0.1, 0.15) is 59.3 Å². The van der Waals surface area contributed by atoms with Crippen molar-refractivity contribution in [2.75, 3.05) is 27.4 Å². The molecule has 1 saturated heterocycles. The normalized spacial score (nSPS) is 15.8. The summed E-state index contributed by atoms with van der Waals surface area (Å²) in [4.78, 5) is 37.9. The van der Waals surface area contributed by atoms with Crippen molar-refractivity contribution in [3.63, 3.8) is 0 Å². The highest BCUT2D eigenvalue weighted by Gasteiger charge is 2.47. The third-order valence-electron chi connectivity index (χ3n) is 8.21. The first kappa shape index (κ1) is 31.7. The summed E-state index contributed by atoms with van der Waals surface area (Å²) in [5.74, 6) is -2.30. The molecule has 0 saturated carbocycles. The van der Waals surface area contributed by atoms with E-state index in [2.05, 4.69) is 69.3 Å². The molecule has 1 fully saturated rings. The highest BCUT2D eigenvalue weighted by Crippen LogP contribution is 2.40. The fourth-order valence-corrected chi connectivity index (χ4v) is 11.6. The van der Waals surface area contributed by atoms with Gasteiger partial charge >= 0.3 is 11.9 Å². The number of benzene rings is 2. The average Bonchev–Trinajstić information content (AvgIpc) is 3.43. The summed E-state index contributed by atoms with van der Waals surface area (Å²) >= 11 is 0. The summed E-state index contributed by atoms with van der Waals surface area (Å²) in [5, 5.41) is 2.60. The van der Waals surface area contributed by atoms with Gasteiger partial charge in [-0.25, -0.2) is 0 Å². The van der Waals surface area contributed by atoms with Crippen LogP contribution in [-0.4, -0.2) is 59.0 Å². The van der Waals surface area contributed by atoms with E-state index in [-0.39, 0.29) is 42.5 Å². The molecule has 218 valence electrons. The first-order valence-electron chi connectivity index (χ1n) is 14.1. The van der Waals surface area contributed by atoms with Crippen molar-refractivity contribution < 1.29 is 33.3 Å². The van der Waals surface area contributed by atoms with Crippen LogP contribution in [-0.2, 0) is 33.3 Å². The van der Waals surface area contributed by atoms with E-state index in [0.29, 0.717) is 26.1 Å². The molecule has 8 heteroatoms. The Kier molecular flexibility index (Phi) is 11.3. The Bertz CT molecular complexity index is 1070. The van der Waals surface area contributed by atoms with Crippen molar-refractivity contribution >= 4 is 36.2 Å². The zero-order valence-corrected chi connectivity index (χ0v) is 25.6. The molecular weight excluding hydrogens is 524 g/mol. The van der Waals surface area contributed by atoms with Gasteiger partial charge in [0.05, 0.1) is 39.8 Å². The molecule has 0 aromatic heterocycles. The van der Waals surface area contributed by atoms with E-state index in [9.17, 15) is 14.4 Å². The minimum atomic E-state index is -2.36. The molecule has 0 aliphatic carbocycles. The van der Waals surface area contributed by atoms with Crippen molar-refractivity contribution in [2.45, 2.75) is 76.2 Å². The van der Waals surface area contributed by atoms with Gasteiger partial charge in [0.1, 0.15) is 13.9 Å².